The summed E-state index contributed by atoms with van der Waals surface area (Å²) in [5, 5.41) is 9.57. The Bertz CT molecular complexity index is 2290. The Morgan fingerprint density at radius 2 is 1.56 bits per heavy atom. The van der Waals surface area contributed by atoms with Gasteiger partial charge in [0.2, 0.25) is 5.69 Å². The molecule has 0 spiro atoms. The van der Waals surface area contributed by atoms with Gasteiger partial charge in [-0.25, -0.2) is 4.79 Å². The number of hydrogen-bond donors (Lipinski definition) is 2. The standard InChI is InChI=1S/C48H58N2O6S/c1-8-9-10-28-49-41-24-16-33(2)31-39(41)47(4,5)43(49)26-20-35-14-13-15-36(45(35)56-38-22-18-37(19-23-38)46(51)52)21-27-44-48(6,7)40-32-34(3)17-25-42(40)50(44)29-11-12-30-57(53,54)55/h16-27,31-32H,8-15,28-30H2,1-7H3,(H-,51,52,53,54,55)/p+1. The summed E-state index contributed by atoms with van der Waals surface area (Å²) >= 11 is 0. The van der Waals surface area contributed by atoms with Crippen LogP contribution in [0.2, 0.25) is 0 Å². The minimum absolute atomic E-state index is 0.192. The molecule has 0 radical (unpaired) electrons. The molecule has 0 saturated carbocycles. The molecular formula is C48H59N2O6S+. The third kappa shape index (κ3) is 9.21. The highest BCUT2D eigenvalue weighted by atomic mass is 32.2. The van der Waals surface area contributed by atoms with Crippen LogP contribution in [0.4, 0.5) is 11.4 Å². The minimum Gasteiger partial charge on any atom is -0.478 e. The van der Waals surface area contributed by atoms with E-state index in [1.807, 2.05) is 0 Å². The monoisotopic (exact) mass is 791 g/mol. The second kappa shape index (κ2) is 17.0. The van der Waals surface area contributed by atoms with Crippen LogP contribution in [0.25, 0.3) is 0 Å². The van der Waals surface area contributed by atoms with Gasteiger partial charge in [-0.3, -0.25) is 4.55 Å². The number of allylic oxidation sites excluding steroid dienone is 7. The fourth-order valence-electron chi connectivity index (χ4n) is 8.63. The Labute approximate surface area is 339 Å². The van der Waals surface area contributed by atoms with Crippen LogP contribution < -0.4 is 9.64 Å². The van der Waals surface area contributed by atoms with E-state index >= 15 is 0 Å². The van der Waals surface area contributed by atoms with Gasteiger partial charge in [0.25, 0.3) is 10.1 Å². The first-order valence-electron chi connectivity index (χ1n) is 20.5. The van der Waals surface area contributed by atoms with Gasteiger partial charge in [-0.1, -0.05) is 62.6 Å². The Hall–Kier alpha value is -4.73. The van der Waals surface area contributed by atoms with Crippen molar-refractivity contribution >= 4 is 33.2 Å². The third-order valence-electron chi connectivity index (χ3n) is 11.8. The Kier molecular flexibility index (Phi) is 12.5. The molecule has 2 N–H and O–H groups in total. The molecule has 1 aliphatic carbocycles. The lowest BCUT2D eigenvalue weighted by atomic mass is 9.80. The first-order valence-corrected chi connectivity index (χ1v) is 22.1. The first kappa shape index (κ1) is 41.9. The number of carboxylic acid groups (broad SMARTS) is 1. The summed E-state index contributed by atoms with van der Waals surface area (Å²) in [6.45, 7) is 17.1. The molecule has 3 aliphatic rings. The van der Waals surface area contributed by atoms with E-state index < -0.39 is 16.1 Å². The number of carboxylic acids is 1. The Morgan fingerprint density at radius 3 is 2.25 bits per heavy atom. The van der Waals surface area contributed by atoms with E-state index in [9.17, 15) is 22.9 Å². The minimum atomic E-state index is -4.03. The zero-order valence-electron chi connectivity index (χ0n) is 34.7. The molecule has 0 atom stereocenters. The molecule has 0 saturated heterocycles. The second-order valence-corrected chi connectivity index (χ2v) is 18.5. The molecule has 3 aromatic rings. The van der Waals surface area contributed by atoms with Crippen molar-refractivity contribution in [3.05, 3.63) is 135 Å². The fourth-order valence-corrected chi connectivity index (χ4v) is 9.20. The van der Waals surface area contributed by atoms with Crippen molar-refractivity contribution in [1.82, 2.24) is 0 Å². The zero-order valence-corrected chi connectivity index (χ0v) is 35.5. The predicted octanol–water partition coefficient (Wildman–Crippen LogP) is 10.9. The van der Waals surface area contributed by atoms with Crippen LogP contribution in [-0.4, -0.2) is 53.2 Å². The Morgan fingerprint density at radius 1 is 0.860 bits per heavy atom. The maximum Gasteiger partial charge on any atom is 0.335 e. The topological polar surface area (TPSA) is 107 Å². The van der Waals surface area contributed by atoms with Crippen LogP contribution in [0.15, 0.2) is 108 Å². The van der Waals surface area contributed by atoms with Gasteiger partial charge >= 0.3 is 5.97 Å². The lowest BCUT2D eigenvalue weighted by molar-refractivity contribution is -0.438. The van der Waals surface area contributed by atoms with Crippen LogP contribution in [0.1, 0.15) is 119 Å². The van der Waals surface area contributed by atoms with Crippen molar-refractivity contribution in [1.29, 1.82) is 0 Å². The number of fused-ring (bicyclic) bond motifs is 2. The summed E-state index contributed by atoms with van der Waals surface area (Å²) in [6, 6.07) is 19.9. The quantitative estimate of drug-likeness (QED) is 0.0896. The molecule has 2 heterocycles. The van der Waals surface area contributed by atoms with Gasteiger partial charge in [-0.15, -0.1) is 0 Å². The lowest BCUT2D eigenvalue weighted by Crippen LogP contribution is -2.28. The maximum atomic E-state index is 11.7. The summed E-state index contributed by atoms with van der Waals surface area (Å²) in [5.74, 6) is 0.109. The molecule has 0 aromatic heterocycles. The largest absolute Gasteiger partial charge is 0.478 e. The van der Waals surface area contributed by atoms with E-state index in [4.69, 9.17) is 4.74 Å². The molecule has 0 fully saturated rings. The van der Waals surface area contributed by atoms with Crippen molar-refractivity contribution in [2.24, 2.45) is 0 Å². The SMILES string of the molecule is CCCCC[N+]1=C(/C=C/C2=C(Oc3ccc(C(=O)O)cc3)C(=C/C=C3/N(CCCCS(=O)(=O)O)c4ccc(C)cc4C3(C)C)/CCC2)C(C)(C)c2cc(C)ccc21. The third-order valence-corrected chi connectivity index (χ3v) is 12.6. The van der Waals surface area contributed by atoms with E-state index in [1.165, 1.54) is 40.1 Å². The highest BCUT2D eigenvalue weighted by Gasteiger charge is 2.44. The highest BCUT2D eigenvalue weighted by Crippen LogP contribution is 2.48. The molecule has 302 valence electrons. The van der Waals surface area contributed by atoms with Crippen LogP contribution >= 0.6 is 0 Å². The van der Waals surface area contributed by atoms with Crippen LogP contribution in [0.5, 0.6) is 5.75 Å². The normalized spacial score (nSPS) is 18.9. The van der Waals surface area contributed by atoms with Crippen LogP contribution in [0.3, 0.4) is 0 Å². The first-order chi connectivity index (χ1) is 27.0. The van der Waals surface area contributed by atoms with Crippen LogP contribution in [-0.2, 0) is 20.9 Å². The average molecular weight is 792 g/mol. The van der Waals surface area contributed by atoms with E-state index in [0.717, 1.165) is 66.9 Å². The highest BCUT2D eigenvalue weighted by molar-refractivity contribution is 7.85. The molecule has 8 nitrogen and oxygen atoms in total. The lowest BCUT2D eigenvalue weighted by Gasteiger charge is -2.27. The fraction of sp³-hybridized carbons (Fsp3) is 0.417. The number of benzene rings is 3. The number of hydrogen-bond acceptors (Lipinski definition) is 5. The maximum absolute atomic E-state index is 11.7. The number of anilines is 1. The number of rotatable bonds is 15. The summed E-state index contributed by atoms with van der Waals surface area (Å²) in [4.78, 5) is 14.0. The van der Waals surface area contributed by atoms with E-state index in [1.54, 1.807) is 24.3 Å². The summed E-state index contributed by atoms with van der Waals surface area (Å²) in [5.41, 5.74) is 11.6. The van der Waals surface area contributed by atoms with Crippen molar-refractivity contribution < 1.29 is 32.2 Å². The van der Waals surface area contributed by atoms with Crippen LogP contribution in [0, 0.1) is 13.8 Å². The molecule has 2 aliphatic heterocycles. The average Bonchev–Trinajstić information content (AvgIpc) is 3.49. The van der Waals surface area contributed by atoms with Crippen molar-refractivity contribution in [3.8, 4) is 5.75 Å². The molecule has 6 rings (SSSR count). The smallest absolute Gasteiger partial charge is 0.335 e. The number of unbranched alkanes of at least 4 members (excludes halogenated alkanes) is 3. The van der Waals surface area contributed by atoms with Gasteiger partial charge < -0.3 is 14.7 Å². The van der Waals surface area contributed by atoms with Gasteiger partial charge in [0.15, 0.2) is 5.71 Å². The number of ether oxygens (including phenoxy) is 1. The molecule has 9 heteroatoms. The summed E-state index contributed by atoms with van der Waals surface area (Å²) in [7, 11) is -4.03. The molecule has 3 aromatic carbocycles. The molecule has 0 amide bonds. The number of carbonyl (C=O) groups is 1. The van der Waals surface area contributed by atoms with E-state index in [2.05, 4.69) is 119 Å². The van der Waals surface area contributed by atoms with Gasteiger partial charge in [-0.2, -0.15) is 13.0 Å². The van der Waals surface area contributed by atoms with Gasteiger partial charge in [0.1, 0.15) is 18.1 Å². The summed E-state index contributed by atoms with van der Waals surface area (Å²) in [6.07, 6.45) is 15.9. The van der Waals surface area contributed by atoms with E-state index in [-0.39, 0.29) is 22.1 Å². The number of nitrogens with zero attached hydrogens (tertiary/aromatic N) is 2. The van der Waals surface area contributed by atoms with Crippen molar-refractivity contribution in [2.75, 3.05) is 23.7 Å². The molecular weight excluding hydrogens is 733 g/mol. The molecule has 57 heavy (non-hydrogen) atoms. The van der Waals surface area contributed by atoms with Crippen molar-refractivity contribution in [2.45, 2.75) is 111 Å². The number of aromatic carboxylic acids is 1. The summed E-state index contributed by atoms with van der Waals surface area (Å²) < 4.78 is 41.6. The molecule has 0 bridgehead atoms. The second-order valence-electron chi connectivity index (χ2n) is 16.9. The zero-order chi connectivity index (χ0) is 41.1. The van der Waals surface area contributed by atoms with Gasteiger partial charge in [-0.05, 0) is 131 Å². The molecule has 0 unspecified atom stereocenters. The predicted molar refractivity (Wildman–Crippen MR) is 231 cm³/mol. The van der Waals surface area contributed by atoms with E-state index in [0.29, 0.717) is 25.1 Å². The van der Waals surface area contributed by atoms with Crippen molar-refractivity contribution in [3.63, 3.8) is 0 Å². The number of aryl methyl sites for hydroxylation is 2. The van der Waals surface area contributed by atoms with Gasteiger partial charge in [0, 0.05) is 47.5 Å². The van der Waals surface area contributed by atoms with Gasteiger partial charge in [0.05, 0.1) is 16.7 Å². The Balaban J connectivity index is 1.44.